The number of aliphatic hydroxyl groups is 1. The number of nitrogens with zero attached hydrogens (tertiary/aromatic N) is 3. The zero-order valence-corrected chi connectivity index (χ0v) is 33.1. The van der Waals surface area contributed by atoms with Gasteiger partial charge in [-0.05, 0) is 63.6 Å². The van der Waals surface area contributed by atoms with E-state index in [-0.39, 0.29) is 36.0 Å². The summed E-state index contributed by atoms with van der Waals surface area (Å²) in [4.78, 5) is 34.2. The number of hydrogen-bond donors (Lipinski definition) is 2. The van der Waals surface area contributed by atoms with Crippen molar-refractivity contribution in [3.63, 3.8) is 0 Å². The lowest BCUT2D eigenvalue weighted by molar-refractivity contribution is -0.157. The van der Waals surface area contributed by atoms with Crippen molar-refractivity contribution < 1.29 is 28.9 Å². The first kappa shape index (κ1) is 43.3. The minimum absolute atomic E-state index is 0.0537. The number of ether oxygens (including phenoxy) is 3. The van der Waals surface area contributed by atoms with E-state index in [2.05, 4.69) is 48.0 Å². The maximum absolute atomic E-state index is 14.4. The van der Waals surface area contributed by atoms with Crippen LogP contribution in [0, 0.1) is 17.8 Å². The number of amides is 2. The molecule has 1 aliphatic heterocycles. The number of likely N-dealkylation sites (N-methyl/N-ethyl adjacent to an activating group) is 2. The minimum atomic E-state index is -0.840. The Morgan fingerprint density at radius 3 is 2.29 bits per heavy atom. The lowest BCUT2D eigenvalue weighted by atomic mass is 9.81. The van der Waals surface area contributed by atoms with Gasteiger partial charge in [-0.3, -0.25) is 14.5 Å². The number of rotatable bonds is 23. The molecule has 5 atom stereocenters. The fourth-order valence-corrected chi connectivity index (χ4v) is 7.61. The second-order valence-electron chi connectivity index (χ2n) is 15.8. The molecule has 1 aliphatic carbocycles. The van der Waals surface area contributed by atoms with Crippen LogP contribution in [0.5, 0.6) is 0 Å². The van der Waals surface area contributed by atoms with Crippen molar-refractivity contribution in [2.24, 2.45) is 17.8 Å². The molecule has 2 amide bonds. The summed E-state index contributed by atoms with van der Waals surface area (Å²) in [6.07, 6.45) is 10.1. The SMILES string of the molecule is CCCC[C@H](O[C@@H](Cc1ccccc1)N1CCC(OCOC)CC1)C(=O)N[C@@H](CC1CCCCC1)[C@@H](O)C[C@H](C(=O)N(C)CCN(C)C)C(C)C. The minimum Gasteiger partial charge on any atom is -0.391 e. The highest BCUT2D eigenvalue weighted by Crippen LogP contribution is 2.30. The molecular formula is C41H72N4O6. The van der Waals surface area contributed by atoms with Crippen LogP contribution in [-0.2, 0) is 30.2 Å². The summed E-state index contributed by atoms with van der Waals surface area (Å²) in [5, 5.41) is 15.2. The third kappa shape index (κ3) is 15.4. The zero-order chi connectivity index (χ0) is 37.2. The third-order valence-corrected chi connectivity index (χ3v) is 11.0. The molecule has 2 aliphatic rings. The van der Waals surface area contributed by atoms with Crippen LogP contribution in [0.2, 0.25) is 0 Å². The van der Waals surface area contributed by atoms with Crippen molar-refractivity contribution in [2.45, 2.75) is 135 Å². The van der Waals surface area contributed by atoms with Crippen molar-refractivity contribution in [1.82, 2.24) is 20.0 Å². The highest BCUT2D eigenvalue weighted by molar-refractivity contribution is 5.81. The maximum Gasteiger partial charge on any atom is 0.249 e. The Morgan fingerprint density at radius 2 is 1.69 bits per heavy atom. The van der Waals surface area contributed by atoms with Crippen molar-refractivity contribution in [3.8, 4) is 0 Å². The Hall–Kier alpha value is -2.08. The standard InChI is InChI=1S/C41H72N4O6/c1-8-9-20-38(51-39(28-33-18-14-11-15-19-33)45-23-21-34(22-24-45)50-30-49-7)40(47)42-36(27-32-16-12-10-13-17-32)37(46)29-35(31(2)3)41(48)44(6)26-25-43(4)5/h11,14-15,18-19,31-32,34-39,46H,8-10,12-13,16-17,20-30H2,1-7H3,(H,42,47)/t35-,36-,37-,38-,39-/m0/s1. The molecule has 0 radical (unpaired) electrons. The van der Waals surface area contributed by atoms with E-state index < -0.39 is 18.2 Å². The normalized spacial score (nSPS) is 19.5. The third-order valence-electron chi connectivity index (χ3n) is 11.0. The van der Waals surface area contributed by atoms with E-state index in [1.807, 2.05) is 39.3 Å². The number of aliphatic hydroxyl groups excluding tert-OH is 1. The lowest BCUT2D eigenvalue weighted by Gasteiger charge is -2.39. The van der Waals surface area contributed by atoms with Gasteiger partial charge in [0, 0.05) is 52.7 Å². The number of carbonyl (C=O) groups is 2. The number of piperidine rings is 1. The van der Waals surface area contributed by atoms with Crippen molar-refractivity contribution in [1.29, 1.82) is 0 Å². The Kier molecular flexibility index (Phi) is 20.0. The number of nitrogens with one attached hydrogen (secondary N) is 1. The van der Waals surface area contributed by atoms with E-state index >= 15 is 0 Å². The van der Waals surface area contributed by atoms with Gasteiger partial charge in [0.2, 0.25) is 11.8 Å². The molecule has 2 fully saturated rings. The summed E-state index contributed by atoms with van der Waals surface area (Å²) in [6, 6.07) is 9.90. The fourth-order valence-electron chi connectivity index (χ4n) is 7.61. The number of unbranched alkanes of at least 4 members (excludes halogenated alkanes) is 1. The summed E-state index contributed by atoms with van der Waals surface area (Å²) in [5.74, 6) is 0.0600. The molecule has 0 spiro atoms. The summed E-state index contributed by atoms with van der Waals surface area (Å²) < 4.78 is 17.9. The Bertz CT molecular complexity index is 1090. The van der Waals surface area contributed by atoms with E-state index in [1.165, 1.54) is 24.8 Å². The molecule has 10 nitrogen and oxygen atoms in total. The first-order chi connectivity index (χ1) is 24.5. The van der Waals surface area contributed by atoms with Crippen LogP contribution in [0.25, 0.3) is 0 Å². The first-order valence-corrected chi connectivity index (χ1v) is 19.9. The molecule has 0 unspecified atom stereocenters. The smallest absolute Gasteiger partial charge is 0.249 e. The molecule has 1 aromatic rings. The average Bonchev–Trinajstić information content (AvgIpc) is 3.13. The van der Waals surface area contributed by atoms with Crippen molar-refractivity contribution in [2.75, 3.05) is 61.2 Å². The average molecular weight is 717 g/mol. The first-order valence-electron chi connectivity index (χ1n) is 19.9. The molecule has 1 aromatic carbocycles. The van der Waals surface area contributed by atoms with Crippen LogP contribution in [0.4, 0.5) is 0 Å². The van der Waals surface area contributed by atoms with Crippen LogP contribution < -0.4 is 5.32 Å². The predicted octanol–water partition coefficient (Wildman–Crippen LogP) is 5.71. The number of likely N-dealkylation sites (tertiary alicyclic amines) is 1. The van der Waals surface area contributed by atoms with Gasteiger partial charge < -0.3 is 34.4 Å². The van der Waals surface area contributed by atoms with Gasteiger partial charge in [0.15, 0.2) is 0 Å². The number of carbonyl (C=O) groups excluding carboxylic acids is 2. The predicted molar refractivity (Wildman–Crippen MR) is 204 cm³/mol. The van der Waals surface area contributed by atoms with Gasteiger partial charge in [-0.1, -0.05) is 96.0 Å². The summed E-state index contributed by atoms with van der Waals surface area (Å²) >= 11 is 0. The van der Waals surface area contributed by atoms with Gasteiger partial charge in [0.1, 0.15) is 19.1 Å². The quantitative estimate of drug-likeness (QED) is 0.139. The molecule has 1 saturated carbocycles. The number of hydrogen-bond acceptors (Lipinski definition) is 8. The van der Waals surface area contributed by atoms with Crippen LogP contribution in [0.15, 0.2) is 30.3 Å². The Labute approximate surface area is 309 Å². The fraction of sp³-hybridized carbons (Fsp3) is 0.805. The van der Waals surface area contributed by atoms with Crippen LogP contribution in [0.1, 0.15) is 103 Å². The molecule has 0 bridgehead atoms. The van der Waals surface area contributed by atoms with Gasteiger partial charge in [-0.15, -0.1) is 0 Å². The van der Waals surface area contributed by atoms with Gasteiger partial charge in [-0.2, -0.15) is 0 Å². The van der Waals surface area contributed by atoms with E-state index in [9.17, 15) is 14.7 Å². The molecule has 0 aromatic heterocycles. The van der Waals surface area contributed by atoms with E-state index in [0.717, 1.165) is 58.2 Å². The van der Waals surface area contributed by atoms with E-state index in [0.29, 0.717) is 44.9 Å². The second kappa shape index (κ2) is 23.6. The highest BCUT2D eigenvalue weighted by Gasteiger charge is 2.36. The molecular weight excluding hydrogens is 644 g/mol. The van der Waals surface area contributed by atoms with E-state index in [4.69, 9.17) is 14.2 Å². The Morgan fingerprint density at radius 1 is 1.00 bits per heavy atom. The molecule has 51 heavy (non-hydrogen) atoms. The van der Waals surface area contributed by atoms with Gasteiger partial charge in [0.05, 0.1) is 18.2 Å². The summed E-state index contributed by atoms with van der Waals surface area (Å²) in [5.41, 5.74) is 1.17. The van der Waals surface area contributed by atoms with Gasteiger partial charge in [0.25, 0.3) is 0 Å². The highest BCUT2D eigenvalue weighted by atomic mass is 16.7. The monoisotopic (exact) mass is 717 g/mol. The largest absolute Gasteiger partial charge is 0.391 e. The number of methoxy groups -OCH3 is 1. The second-order valence-corrected chi connectivity index (χ2v) is 15.8. The molecule has 2 N–H and O–H groups in total. The molecule has 292 valence electrons. The summed E-state index contributed by atoms with van der Waals surface area (Å²) in [7, 11) is 7.51. The molecule has 3 rings (SSSR count). The van der Waals surface area contributed by atoms with E-state index in [1.54, 1.807) is 12.0 Å². The van der Waals surface area contributed by atoms with Crippen LogP contribution in [-0.4, -0.2) is 123 Å². The van der Waals surface area contributed by atoms with Crippen LogP contribution in [0.3, 0.4) is 0 Å². The topological polar surface area (TPSA) is 104 Å². The molecule has 10 heteroatoms. The number of benzene rings is 1. The molecule has 1 heterocycles. The van der Waals surface area contributed by atoms with Gasteiger partial charge in [-0.25, -0.2) is 0 Å². The van der Waals surface area contributed by atoms with Crippen molar-refractivity contribution in [3.05, 3.63) is 35.9 Å². The Balaban J connectivity index is 1.81. The maximum atomic E-state index is 14.4. The van der Waals surface area contributed by atoms with Gasteiger partial charge >= 0.3 is 0 Å². The van der Waals surface area contributed by atoms with Crippen LogP contribution >= 0.6 is 0 Å². The summed E-state index contributed by atoms with van der Waals surface area (Å²) in [6.45, 7) is 9.56. The zero-order valence-electron chi connectivity index (χ0n) is 33.1. The van der Waals surface area contributed by atoms with Crippen molar-refractivity contribution >= 4 is 11.8 Å². The lowest BCUT2D eigenvalue weighted by Crippen LogP contribution is -2.53. The molecule has 1 saturated heterocycles.